The summed E-state index contributed by atoms with van der Waals surface area (Å²) < 4.78 is 0. The van der Waals surface area contributed by atoms with Crippen LogP contribution < -0.4 is 0 Å². The predicted octanol–water partition coefficient (Wildman–Crippen LogP) is 5.22. The van der Waals surface area contributed by atoms with Crippen LogP contribution in [0.2, 0.25) is 5.02 Å². The standard InChI is InChI=1S/C23H25ClO3/c1-16(2)21(12-13-25)23(27)11-9-18(17-6-4-3-5-7-17)14-19-8-10-20(26)15-22(19)24/h3-8,10,12,14-15,23,25-27H,1,9,11,13H2,2H3/b18-14-,21-12-. The van der Waals surface area contributed by atoms with Crippen molar-refractivity contribution in [1.29, 1.82) is 0 Å². The number of hydrogen-bond acceptors (Lipinski definition) is 3. The summed E-state index contributed by atoms with van der Waals surface area (Å²) in [6.07, 6.45) is 3.95. The minimum atomic E-state index is -0.711. The van der Waals surface area contributed by atoms with Crippen molar-refractivity contribution < 1.29 is 15.3 Å². The number of phenolic OH excluding ortho intramolecular Hbond substituents is 1. The molecule has 2 rings (SSSR count). The van der Waals surface area contributed by atoms with Crippen LogP contribution in [0.25, 0.3) is 11.6 Å². The average molecular weight is 385 g/mol. The lowest BCUT2D eigenvalue weighted by Crippen LogP contribution is -2.12. The zero-order valence-electron chi connectivity index (χ0n) is 15.4. The molecule has 3 nitrogen and oxygen atoms in total. The lowest BCUT2D eigenvalue weighted by Gasteiger charge is -2.17. The van der Waals surface area contributed by atoms with Gasteiger partial charge in [0.1, 0.15) is 5.75 Å². The summed E-state index contributed by atoms with van der Waals surface area (Å²) in [7, 11) is 0. The lowest BCUT2D eigenvalue weighted by molar-refractivity contribution is 0.203. The van der Waals surface area contributed by atoms with E-state index in [9.17, 15) is 10.2 Å². The van der Waals surface area contributed by atoms with E-state index < -0.39 is 6.10 Å². The molecule has 0 radical (unpaired) electrons. The molecule has 0 bridgehead atoms. The van der Waals surface area contributed by atoms with Crippen LogP contribution in [0.1, 0.15) is 30.9 Å². The number of rotatable bonds is 8. The summed E-state index contributed by atoms with van der Waals surface area (Å²) in [6.45, 7) is 5.55. The number of phenols is 1. The minimum absolute atomic E-state index is 0.120. The van der Waals surface area contributed by atoms with E-state index in [1.165, 1.54) is 6.07 Å². The zero-order chi connectivity index (χ0) is 19.8. The first-order valence-corrected chi connectivity index (χ1v) is 9.19. The fourth-order valence-corrected chi connectivity index (χ4v) is 3.14. The number of benzene rings is 2. The summed E-state index contributed by atoms with van der Waals surface area (Å²) in [4.78, 5) is 0. The van der Waals surface area contributed by atoms with Crippen LogP contribution in [0.15, 0.2) is 72.3 Å². The average Bonchev–Trinajstić information content (AvgIpc) is 2.65. The third-order valence-corrected chi connectivity index (χ3v) is 4.64. The Morgan fingerprint density at radius 1 is 1.19 bits per heavy atom. The van der Waals surface area contributed by atoms with Gasteiger partial charge in [-0.25, -0.2) is 0 Å². The van der Waals surface area contributed by atoms with Gasteiger partial charge in [-0.15, -0.1) is 0 Å². The Morgan fingerprint density at radius 3 is 2.48 bits per heavy atom. The third kappa shape index (κ3) is 6.10. The molecule has 0 saturated heterocycles. The van der Waals surface area contributed by atoms with Gasteiger partial charge < -0.3 is 15.3 Å². The number of halogens is 1. The van der Waals surface area contributed by atoms with Crippen molar-refractivity contribution in [2.24, 2.45) is 0 Å². The lowest BCUT2D eigenvalue weighted by atomic mass is 9.93. The Kier molecular flexibility index (Phi) is 7.86. The van der Waals surface area contributed by atoms with Gasteiger partial charge in [0.2, 0.25) is 0 Å². The first-order chi connectivity index (χ1) is 12.9. The van der Waals surface area contributed by atoms with Crippen LogP contribution >= 0.6 is 11.6 Å². The van der Waals surface area contributed by atoms with Crippen molar-refractivity contribution in [3.05, 3.63) is 88.5 Å². The molecule has 0 heterocycles. The highest BCUT2D eigenvalue weighted by Crippen LogP contribution is 2.30. The van der Waals surface area contributed by atoms with Gasteiger partial charge in [0, 0.05) is 0 Å². The van der Waals surface area contributed by atoms with E-state index in [1.807, 2.05) is 43.3 Å². The largest absolute Gasteiger partial charge is 0.508 e. The fourth-order valence-electron chi connectivity index (χ4n) is 2.91. The Bertz CT molecular complexity index is 838. The molecule has 2 aromatic rings. The number of aromatic hydroxyl groups is 1. The van der Waals surface area contributed by atoms with Crippen molar-refractivity contribution in [1.82, 2.24) is 0 Å². The highest BCUT2D eigenvalue weighted by Gasteiger charge is 2.13. The maximum absolute atomic E-state index is 10.5. The third-order valence-electron chi connectivity index (χ3n) is 4.31. The molecule has 142 valence electrons. The smallest absolute Gasteiger partial charge is 0.117 e. The SMILES string of the molecule is C=C(C)/C(=C/CO)C(O)CC/C(=C/c1ccc(O)cc1Cl)c1ccccc1. The maximum atomic E-state index is 10.5. The summed E-state index contributed by atoms with van der Waals surface area (Å²) in [5.41, 5.74) is 4.26. The Labute approximate surface area is 165 Å². The van der Waals surface area contributed by atoms with E-state index >= 15 is 0 Å². The molecule has 0 fully saturated rings. The van der Waals surface area contributed by atoms with Gasteiger partial charge in [0.25, 0.3) is 0 Å². The second kappa shape index (κ2) is 10.1. The van der Waals surface area contributed by atoms with E-state index in [1.54, 1.807) is 18.2 Å². The maximum Gasteiger partial charge on any atom is 0.117 e. The molecule has 0 aromatic heterocycles. The van der Waals surface area contributed by atoms with Crippen molar-refractivity contribution in [2.45, 2.75) is 25.9 Å². The molecule has 0 aliphatic rings. The molecular weight excluding hydrogens is 360 g/mol. The van der Waals surface area contributed by atoms with Crippen molar-refractivity contribution in [3.63, 3.8) is 0 Å². The van der Waals surface area contributed by atoms with E-state index in [-0.39, 0.29) is 12.4 Å². The van der Waals surface area contributed by atoms with Crippen LogP contribution in [-0.4, -0.2) is 28.0 Å². The number of aliphatic hydroxyl groups is 2. The topological polar surface area (TPSA) is 60.7 Å². The van der Waals surface area contributed by atoms with Gasteiger partial charge in [-0.2, -0.15) is 0 Å². The van der Waals surface area contributed by atoms with Gasteiger partial charge in [-0.05, 0) is 66.3 Å². The van der Waals surface area contributed by atoms with Crippen molar-refractivity contribution in [2.75, 3.05) is 6.61 Å². The van der Waals surface area contributed by atoms with Gasteiger partial charge in [-0.3, -0.25) is 0 Å². The molecular formula is C23H25ClO3. The summed E-state index contributed by atoms with van der Waals surface area (Å²) >= 11 is 6.25. The second-order valence-electron chi connectivity index (χ2n) is 6.42. The van der Waals surface area contributed by atoms with Gasteiger partial charge >= 0.3 is 0 Å². The van der Waals surface area contributed by atoms with Crippen molar-refractivity contribution in [3.8, 4) is 5.75 Å². The van der Waals surface area contributed by atoms with Crippen LogP contribution in [-0.2, 0) is 0 Å². The van der Waals surface area contributed by atoms with Crippen LogP contribution in [0.4, 0.5) is 0 Å². The van der Waals surface area contributed by atoms with E-state index in [0.29, 0.717) is 23.4 Å². The molecule has 1 atom stereocenters. The van der Waals surface area contributed by atoms with Crippen LogP contribution in [0, 0.1) is 0 Å². The first-order valence-electron chi connectivity index (χ1n) is 8.81. The van der Waals surface area contributed by atoms with Crippen LogP contribution in [0.5, 0.6) is 5.75 Å². The molecule has 3 N–H and O–H groups in total. The molecule has 2 aromatic carbocycles. The highest BCUT2D eigenvalue weighted by atomic mass is 35.5. The minimum Gasteiger partial charge on any atom is -0.508 e. The van der Waals surface area contributed by atoms with E-state index in [2.05, 4.69) is 6.58 Å². The molecule has 0 saturated carbocycles. The Morgan fingerprint density at radius 2 is 1.89 bits per heavy atom. The van der Waals surface area contributed by atoms with Gasteiger partial charge in [0.05, 0.1) is 17.7 Å². The Balaban J connectivity index is 2.30. The quantitative estimate of drug-likeness (QED) is 0.431. The molecule has 0 aliphatic heterocycles. The van der Waals surface area contributed by atoms with Crippen LogP contribution in [0.3, 0.4) is 0 Å². The van der Waals surface area contributed by atoms with E-state index in [0.717, 1.165) is 22.3 Å². The molecule has 0 spiro atoms. The molecule has 4 heteroatoms. The summed E-state index contributed by atoms with van der Waals surface area (Å²) in [5, 5.41) is 29.7. The molecule has 0 aliphatic carbocycles. The summed E-state index contributed by atoms with van der Waals surface area (Å²) in [6, 6.07) is 14.8. The number of allylic oxidation sites excluding steroid dienone is 1. The van der Waals surface area contributed by atoms with Gasteiger partial charge in [-0.1, -0.05) is 60.2 Å². The summed E-state index contributed by atoms with van der Waals surface area (Å²) in [5.74, 6) is 0.120. The monoisotopic (exact) mass is 384 g/mol. The molecule has 27 heavy (non-hydrogen) atoms. The van der Waals surface area contributed by atoms with E-state index in [4.69, 9.17) is 16.7 Å². The second-order valence-corrected chi connectivity index (χ2v) is 6.83. The first kappa shape index (κ1) is 21.0. The van der Waals surface area contributed by atoms with Gasteiger partial charge in [0.15, 0.2) is 0 Å². The fraction of sp³-hybridized carbons (Fsp3) is 0.217. The molecule has 1 unspecified atom stereocenters. The normalized spacial score (nSPS) is 13.5. The number of aliphatic hydroxyl groups excluding tert-OH is 2. The predicted molar refractivity (Wildman–Crippen MR) is 113 cm³/mol. The van der Waals surface area contributed by atoms with Crippen molar-refractivity contribution >= 4 is 23.3 Å². The Hall–Kier alpha value is -2.33. The highest BCUT2D eigenvalue weighted by molar-refractivity contribution is 6.32. The zero-order valence-corrected chi connectivity index (χ0v) is 16.2. The molecule has 0 amide bonds. The number of hydrogen-bond donors (Lipinski definition) is 3.